The van der Waals surface area contributed by atoms with Gasteiger partial charge in [-0.25, -0.2) is 4.79 Å². The van der Waals surface area contributed by atoms with Gasteiger partial charge in [-0.05, 0) is 60.9 Å². The van der Waals surface area contributed by atoms with Gasteiger partial charge in [0.2, 0.25) is 0 Å². The highest BCUT2D eigenvalue weighted by atomic mass is 79.9. The number of hydrogen-bond donors (Lipinski definition) is 2. The standard InChI is InChI=1S/C29H28BrF2N3O4/c1-17-4-6-19(7-5-17)15-33-27(36)25-18(2)35(16-20-8-10-21(38-3)11-9-20)29(37)34-26(25)23-14-22(39-28(31)32)12-13-24(23)30/h4-14,26,28H,15-16H2,1-3H3,(H,33,36)(H,34,37). The first-order valence-electron chi connectivity index (χ1n) is 12.2. The quantitative estimate of drug-likeness (QED) is 0.306. The Kier molecular flexibility index (Phi) is 8.86. The van der Waals surface area contributed by atoms with Gasteiger partial charge in [-0.3, -0.25) is 9.69 Å². The third-order valence-electron chi connectivity index (χ3n) is 6.42. The van der Waals surface area contributed by atoms with E-state index in [-0.39, 0.29) is 24.4 Å². The first kappa shape index (κ1) is 28.1. The highest BCUT2D eigenvalue weighted by Crippen LogP contribution is 2.37. The van der Waals surface area contributed by atoms with Crippen molar-refractivity contribution in [2.24, 2.45) is 0 Å². The Hall–Kier alpha value is -3.92. The van der Waals surface area contributed by atoms with Gasteiger partial charge in [0.15, 0.2) is 0 Å². The molecule has 1 unspecified atom stereocenters. The number of ether oxygens (including phenoxy) is 2. The number of amides is 3. The van der Waals surface area contributed by atoms with E-state index in [1.165, 1.54) is 17.0 Å². The summed E-state index contributed by atoms with van der Waals surface area (Å²) in [6.07, 6.45) is 0. The molecule has 1 aliphatic heterocycles. The first-order chi connectivity index (χ1) is 18.7. The summed E-state index contributed by atoms with van der Waals surface area (Å²) in [5.74, 6) is 0.196. The van der Waals surface area contributed by atoms with Crippen LogP contribution in [0.4, 0.5) is 13.6 Å². The second kappa shape index (κ2) is 12.3. The van der Waals surface area contributed by atoms with Crippen molar-refractivity contribution >= 4 is 27.9 Å². The fraction of sp³-hybridized carbons (Fsp3) is 0.241. The number of alkyl halides is 2. The Bertz CT molecular complexity index is 1380. The Morgan fingerprint density at radius 2 is 1.67 bits per heavy atom. The predicted molar refractivity (Wildman–Crippen MR) is 146 cm³/mol. The molecule has 0 saturated carbocycles. The second-order valence-corrected chi connectivity index (χ2v) is 9.90. The molecule has 0 aliphatic carbocycles. The molecular formula is C29H28BrF2N3O4. The summed E-state index contributed by atoms with van der Waals surface area (Å²) in [6.45, 7) is 1.13. The van der Waals surface area contributed by atoms with E-state index >= 15 is 0 Å². The van der Waals surface area contributed by atoms with Gasteiger partial charge in [-0.2, -0.15) is 8.78 Å². The maximum absolute atomic E-state index is 13.7. The number of benzene rings is 3. The number of nitrogens with zero attached hydrogens (tertiary/aromatic N) is 1. The number of urea groups is 1. The summed E-state index contributed by atoms with van der Waals surface area (Å²) in [5, 5.41) is 5.83. The van der Waals surface area contributed by atoms with Crippen LogP contribution < -0.4 is 20.1 Å². The van der Waals surface area contributed by atoms with Crippen molar-refractivity contribution in [1.82, 2.24) is 15.5 Å². The van der Waals surface area contributed by atoms with Gasteiger partial charge in [0.25, 0.3) is 5.91 Å². The van der Waals surface area contributed by atoms with Crippen molar-refractivity contribution in [2.75, 3.05) is 7.11 Å². The van der Waals surface area contributed by atoms with Crippen LogP contribution in [-0.2, 0) is 17.9 Å². The summed E-state index contributed by atoms with van der Waals surface area (Å²) < 4.78 is 36.2. The summed E-state index contributed by atoms with van der Waals surface area (Å²) in [4.78, 5) is 28.5. The zero-order valence-corrected chi connectivity index (χ0v) is 23.2. The molecule has 3 aromatic carbocycles. The van der Waals surface area contributed by atoms with Gasteiger partial charge in [-0.1, -0.05) is 57.9 Å². The number of hydrogen-bond acceptors (Lipinski definition) is 4. The zero-order chi connectivity index (χ0) is 28.1. The molecule has 0 spiro atoms. The minimum absolute atomic E-state index is 0.0878. The molecule has 10 heteroatoms. The summed E-state index contributed by atoms with van der Waals surface area (Å²) >= 11 is 3.44. The van der Waals surface area contributed by atoms with Gasteiger partial charge in [0.05, 0.1) is 25.3 Å². The summed E-state index contributed by atoms with van der Waals surface area (Å²) in [7, 11) is 1.57. The topological polar surface area (TPSA) is 79.9 Å². The van der Waals surface area contributed by atoms with Gasteiger partial charge in [0, 0.05) is 16.7 Å². The number of carbonyl (C=O) groups is 2. The van der Waals surface area contributed by atoms with E-state index in [9.17, 15) is 18.4 Å². The van der Waals surface area contributed by atoms with Crippen LogP contribution >= 0.6 is 15.9 Å². The van der Waals surface area contributed by atoms with Gasteiger partial charge in [0.1, 0.15) is 11.5 Å². The van der Waals surface area contributed by atoms with Gasteiger partial charge >= 0.3 is 12.6 Å². The molecule has 7 nitrogen and oxygen atoms in total. The molecule has 3 aromatic rings. The number of rotatable bonds is 9. The average Bonchev–Trinajstić information content (AvgIpc) is 2.91. The minimum Gasteiger partial charge on any atom is -0.497 e. The van der Waals surface area contributed by atoms with Gasteiger partial charge in [-0.15, -0.1) is 0 Å². The first-order valence-corrected chi connectivity index (χ1v) is 12.9. The lowest BCUT2D eigenvalue weighted by Crippen LogP contribution is -2.49. The molecule has 4 rings (SSSR count). The van der Waals surface area contributed by atoms with Crippen LogP contribution in [0.5, 0.6) is 11.5 Å². The molecule has 39 heavy (non-hydrogen) atoms. The molecule has 2 N–H and O–H groups in total. The van der Waals surface area contributed by atoms with Crippen LogP contribution in [0, 0.1) is 6.92 Å². The fourth-order valence-corrected chi connectivity index (χ4v) is 4.79. The number of aryl methyl sites for hydroxylation is 1. The Morgan fingerprint density at radius 3 is 2.31 bits per heavy atom. The van der Waals surface area contributed by atoms with Crippen molar-refractivity contribution in [3.63, 3.8) is 0 Å². The van der Waals surface area contributed by atoms with E-state index in [1.54, 1.807) is 32.2 Å². The molecule has 1 heterocycles. The number of allylic oxidation sites excluding steroid dienone is 1. The highest BCUT2D eigenvalue weighted by molar-refractivity contribution is 9.10. The van der Waals surface area contributed by atoms with Crippen LogP contribution in [0.2, 0.25) is 0 Å². The lowest BCUT2D eigenvalue weighted by molar-refractivity contribution is -0.118. The second-order valence-electron chi connectivity index (χ2n) is 9.05. The molecule has 204 valence electrons. The van der Waals surface area contributed by atoms with E-state index in [2.05, 4.69) is 31.3 Å². The SMILES string of the molecule is COc1ccc(CN2C(=O)NC(c3cc(OC(F)F)ccc3Br)C(C(=O)NCc3ccc(C)cc3)=C2C)cc1. The third kappa shape index (κ3) is 6.75. The lowest BCUT2D eigenvalue weighted by atomic mass is 9.93. The van der Waals surface area contributed by atoms with Crippen LogP contribution in [0.25, 0.3) is 0 Å². The molecule has 0 aromatic heterocycles. The van der Waals surface area contributed by atoms with Crippen molar-refractivity contribution in [3.05, 3.63) is 105 Å². The fourth-order valence-electron chi connectivity index (χ4n) is 4.32. The Morgan fingerprint density at radius 1 is 1.03 bits per heavy atom. The van der Waals surface area contributed by atoms with Crippen LogP contribution in [0.1, 0.15) is 35.2 Å². The molecule has 0 saturated heterocycles. The maximum Gasteiger partial charge on any atom is 0.387 e. The molecule has 1 atom stereocenters. The van der Waals surface area contributed by atoms with E-state index < -0.39 is 24.6 Å². The Labute approximate surface area is 233 Å². The van der Waals surface area contributed by atoms with Crippen LogP contribution in [0.3, 0.4) is 0 Å². The van der Waals surface area contributed by atoms with Crippen molar-refractivity contribution < 1.29 is 27.8 Å². The number of carbonyl (C=O) groups excluding carboxylic acids is 2. The van der Waals surface area contributed by atoms with E-state index in [0.717, 1.165) is 16.7 Å². The molecule has 1 aliphatic rings. The molecule has 0 bridgehead atoms. The van der Waals surface area contributed by atoms with E-state index in [1.807, 2.05) is 43.3 Å². The third-order valence-corrected chi connectivity index (χ3v) is 7.14. The lowest BCUT2D eigenvalue weighted by Gasteiger charge is -2.36. The number of methoxy groups -OCH3 is 1. The molecule has 3 amide bonds. The maximum atomic E-state index is 13.7. The van der Waals surface area contributed by atoms with Crippen molar-refractivity contribution in [2.45, 2.75) is 39.6 Å². The molecule has 0 radical (unpaired) electrons. The number of halogens is 3. The van der Waals surface area contributed by atoms with Crippen LogP contribution in [-0.4, -0.2) is 30.6 Å². The van der Waals surface area contributed by atoms with E-state index in [0.29, 0.717) is 21.5 Å². The smallest absolute Gasteiger partial charge is 0.387 e. The zero-order valence-electron chi connectivity index (χ0n) is 21.6. The van der Waals surface area contributed by atoms with Crippen molar-refractivity contribution in [3.8, 4) is 11.5 Å². The Balaban J connectivity index is 1.71. The summed E-state index contributed by atoms with van der Waals surface area (Å²) in [6, 6.07) is 18.0. The molecular weight excluding hydrogens is 572 g/mol. The largest absolute Gasteiger partial charge is 0.497 e. The predicted octanol–water partition coefficient (Wildman–Crippen LogP) is 6.22. The van der Waals surface area contributed by atoms with Crippen molar-refractivity contribution in [1.29, 1.82) is 0 Å². The number of nitrogens with one attached hydrogen (secondary N) is 2. The average molecular weight is 600 g/mol. The highest BCUT2D eigenvalue weighted by Gasteiger charge is 2.36. The van der Waals surface area contributed by atoms with Crippen LogP contribution in [0.15, 0.2) is 82.5 Å². The minimum atomic E-state index is -3.02. The molecule has 0 fully saturated rings. The summed E-state index contributed by atoms with van der Waals surface area (Å²) in [5.41, 5.74) is 3.97. The van der Waals surface area contributed by atoms with E-state index in [4.69, 9.17) is 4.74 Å². The van der Waals surface area contributed by atoms with Gasteiger partial charge < -0.3 is 20.1 Å². The normalized spacial score (nSPS) is 15.3. The monoisotopic (exact) mass is 599 g/mol.